The minimum absolute atomic E-state index is 0.00894. The minimum Gasteiger partial charge on any atom is -0.325 e. The van der Waals surface area contributed by atoms with E-state index in [9.17, 15) is 9.18 Å². The molecule has 0 atom stereocenters. The van der Waals surface area contributed by atoms with Gasteiger partial charge in [-0.1, -0.05) is 36.8 Å². The van der Waals surface area contributed by atoms with Crippen LogP contribution in [-0.4, -0.2) is 5.91 Å². The summed E-state index contributed by atoms with van der Waals surface area (Å²) in [5, 5.41) is 3.03. The van der Waals surface area contributed by atoms with Crippen LogP contribution in [0.2, 0.25) is 0 Å². The van der Waals surface area contributed by atoms with Gasteiger partial charge in [-0.15, -0.1) is 0 Å². The van der Waals surface area contributed by atoms with Crippen molar-refractivity contribution in [3.05, 3.63) is 65.5 Å². The van der Waals surface area contributed by atoms with Crippen LogP contribution < -0.4 is 5.32 Å². The fourth-order valence-corrected chi connectivity index (χ4v) is 2.90. The van der Waals surface area contributed by atoms with Crippen molar-refractivity contribution in [3.8, 4) is 0 Å². The number of anilines is 1. The molecule has 2 aromatic rings. The number of amides is 1. The highest BCUT2D eigenvalue weighted by Crippen LogP contribution is 2.44. The largest absolute Gasteiger partial charge is 0.325 e. The summed E-state index contributed by atoms with van der Waals surface area (Å²) in [6.45, 7) is 1.97. The number of nitrogens with one attached hydrogen (secondary N) is 1. The molecule has 3 rings (SSSR count). The number of hydrogen-bond donors (Lipinski definition) is 1. The monoisotopic (exact) mass is 283 g/mol. The molecular formula is C18H18FNO. The Kier molecular flexibility index (Phi) is 3.50. The molecule has 21 heavy (non-hydrogen) atoms. The third kappa shape index (κ3) is 2.44. The van der Waals surface area contributed by atoms with Gasteiger partial charge in [0.1, 0.15) is 5.82 Å². The summed E-state index contributed by atoms with van der Waals surface area (Å²) in [5.41, 5.74) is 2.28. The molecule has 0 radical (unpaired) electrons. The van der Waals surface area contributed by atoms with Crippen molar-refractivity contribution in [1.82, 2.24) is 0 Å². The number of carbonyl (C=O) groups excluding carboxylic acids is 1. The zero-order valence-electron chi connectivity index (χ0n) is 12.0. The van der Waals surface area contributed by atoms with Crippen LogP contribution in [0.1, 0.15) is 30.4 Å². The molecule has 0 spiro atoms. The van der Waals surface area contributed by atoms with E-state index in [0.29, 0.717) is 0 Å². The van der Waals surface area contributed by atoms with E-state index in [4.69, 9.17) is 0 Å². The number of rotatable bonds is 3. The SMILES string of the molecule is Cc1ccccc1NC(=O)C1(c2ccc(F)cc2)CCC1. The molecule has 1 amide bonds. The van der Waals surface area contributed by atoms with Gasteiger partial charge in [0.15, 0.2) is 0 Å². The third-order valence-corrected chi connectivity index (χ3v) is 4.43. The number of benzene rings is 2. The lowest BCUT2D eigenvalue weighted by Gasteiger charge is -2.40. The standard InChI is InChI=1S/C18H18FNO/c1-13-5-2-3-6-16(13)20-17(21)18(11-4-12-18)14-7-9-15(19)10-8-14/h2-3,5-10H,4,11-12H2,1H3,(H,20,21). The second-order valence-corrected chi connectivity index (χ2v) is 5.71. The van der Waals surface area contributed by atoms with Crippen LogP contribution in [0.25, 0.3) is 0 Å². The Balaban J connectivity index is 1.87. The quantitative estimate of drug-likeness (QED) is 0.899. The molecule has 0 saturated heterocycles. The Labute approximate surface area is 124 Å². The van der Waals surface area contributed by atoms with Crippen molar-refractivity contribution in [2.45, 2.75) is 31.6 Å². The van der Waals surface area contributed by atoms with E-state index in [0.717, 1.165) is 36.1 Å². The lowest BCUT2D eigenvalue weighted by Crippen LogP contribution is -2.46. The molecule has 1 aliphatic rings. The first kappa shape index (κ1) is 13.8. The molecule has 1 fully saturated rings. The minimum atomic E-state index is -0.504. The Morgan fingerprint density at radius 1 is 1.10 bits per heavy atom. The first-order valence-corrected chi connectivity index (χ1v) is 7.25. The van der Waals surface area contributed by atoms with Crippen LogP contribution in [0.3, 0.4) is 0 Å². The zero-order valence-corrected chi connectivity index (χ0v) is 12.0. The summed E-state index contributed by atoms with van der Waals surface area (Å²) < 4.78 is 13.1. The van der Waals surface area contributed by atoms with Gasteiger partial charge < -0.3 is 5.32 Å². The van der Waals surface area contributed by atoms with Gasteiger partial charge >= 0.3 is 0 Å². The van der Waals surface area contributed by atoms with Gasteiger partial charge in [-0.05, 0) is 49.1 Å². The molecule has 0 heterocycles. The van der Waals surface area contributed by atoms with Gasteiger partial charge in [0.05, 0.1) is 5.41 Å². The highest BCUT2D eigenvalue weighted by molar-refractivity contribution is 6.00. The highest BCUT2D eigenvalue weighted by atomic mass is 19.1. The molecule has 0 bridgehead atoms. The molecule has 2 nitrogen and oxygen atoms in total. The molecule has 2 aromatic carbocycles. The summed E-state index contributed by atoms with van der Waals surface area (Å²) in [7, 11) is 0. The van der Waals surface area contributed by atoms with E-state index in [1.807, 2.05) is 31.2 Å². The molecule has 1 N–H and O–H groups in total. The molecule has 0 unspecified atom stereocenters. The smallest absolute Gasteiger partial charge is 0.235 e. The van der Waals surface area contributed by atoms with Crippen LogP contribution in [-0.2, 0) is 10.2 Å². The lowest BCUT2D eigenvalue weighted by molar-refractivity contribution is -0.124. The average Bonchev–Trinajstić information content (AvgIpc) is 2.42. The van der Waals surface area contributed by atoms with Crippen LogP contribution in [0.15, 0.2) is 48.5 Å². The van der Waals surface area contributed by atoms with Crippen molar-refractivity contribution in [1.29, 1.82) is 0 Å². The zero-order chi connectivity index (χ0) is 14.9. The molecule has 1 saturated carbocycles. The maximum absolute atomic E-state index is 13.1. The van der Waals surface area contributed by atoms with Crippen LogP contribution in [0.4, 0.5) is 10.1 Å². The Morgan fingerprint density at radius 2 is 1.76 bits per heavy atom. The third-order valence-electron chi connectivity index (χ3n) is 4.43. The normalized spacial score (nSPS) is 16.1. The average molecular weight is 283 g/mol. The van der Waals surface area contributed by atoms with Gasteiger partial charge in [-0.2, -0.15) is 0 Å². The summed E-state index contributed by atoms with van der Waals surface area (Å²) in [5.74, 6) is -0.262. The van der Waals surface area contributed by atoms with Crippen LogP contribution in [0.5, 0.6) is 0 Å². The number of para-hydroxylation sites is 1. The molecule has 108 valence electrons. The maximum atomic E-state index is 13.1. The van der Waals surface area contributed by atoms with Crippen LogP contribution in [0, 0.1) is 12.7 Å². The first-order chi connectivity index (χ1) is 10.1. The summed E-state index contributed by atoms with van der Waals surface area (Å²) >= 11 is 0. The van der Waals surface area contributed by atoms with Gasteiger partial charge in [-0.25, -0.2) is 4.39 Å². The number of carbonyl (C=O) groups is 1. The van der Waals surface area contributed by atoms with E-state index in [1.165, 1.54) is 12.1 Å². The van der Waals surface area contributed by atoms with Gasteiger partial charge in [0.25, 0.3) is 0 Å². The van der Waals surface area contributed by atoms with Crippen molar-refractivity contribution in [2.75, 3.05) is 5.32 Å². The predicted molar refractivity (Wildman–Crippen MR) is 81.7 cm³/mol. The molecular weight excluding hydrogens is 265 g/mol. The Hall–Kier alpha value is -2.16. The fourth-order valence-electron chi connectivity index (χ4n) is 2.90. The summed E-state index contributed by atoms with van der Waals surface area (Å²) in [4.78, 5) is 12.7. The van der Waals surface area contributed by atoms with Gasteiger partial charge in [0.2, 0.25) is 5.91 Å². The number of halogens is 1. The Bertz CT molecular complexity index is 659. The van der Waals surface area contributed by atoms with Gasteiger partial charge in [-0.3, -0.25) is 4.79 Å². The fraction of sp³-hybridized carbons (Fsp3) is 0.278. The number of aryl methyl sites for hydroxylation is 1. The molecule has 0 aromatic heterocycles. The van der Waals surface area contributed by atoms with E-state index < -0.39 is 5.41 Å². The van der Waals surface area contributed by atoms with Crippen molar-refractivity contribution in [3.63, 3.8) is 0 Å². The predicted octanol–water partition coefficient (Wildman–Crippen LogP) is 4.19. The van der Waals surface area contributed by atoms with Gasteiger partial charge in [0, 0.05) is 5.69 Å². The van der Waals surface area contributed by atoms with E-state index in [2.05, 4.69) is 5.32 Å². The highest BCUT2D eigenvalue weighted by Gasteiger charge is 2.45. The van der Waals surface area contributed by atoms with Crippen LogP contribution >= 0.6 is 0 Å². The first-order valence-electron chi connectivity index (χ1n) is 7.25. The summed E-state index contributed by atoms with van der Waals surface area (Å²) in [6, 6.07) is 14.0. The van der Waals surface area contributed by atoms with E-state index in [1.54, 1.807) is 12.1 Å². The maximum Gasteiger partial charge on any atom is 0.235 e. The topological polar surface area (TPSA) is 29.1 Å². The second-order valence-electron chi connectivity index (χ2n) is 5.71. The second kappa shape index (κ2) is 5.32. The van der Waals surface area contributed by atoms with E-state index in [-0.39, 0.29) is 11.7 Å². The molecule has 0 aliphatic heterocycles. The summed E-state index contributed by atoms with van der Waals surface area (Å²) in [6.07, 6.45) is 2.66. The van der Waals surface area contributed by atoms with E-state index >= 15 is 0 Å². The van der Waals surface area contributed by atoms with Crippen molar-refractivity contribution in [2.24, 2.45) is 0 Å². The number of hydrogen-bond acceptors (Lipinski definition) is 1. The molecule has 3 heteroatoms. The molecule has 1 aliphatic carbocycles. The lowest BCUT2D eigenvalue weighted by atomic mass is 9.63. The van der Waals surface area contributed by atoms with Crippen molar-refractivity contribution < 1.29 is 9.18 Å². The van der Waals surface area contributed by atoms with Crippen molar-refractivity contribution >= 4 is 11.6 Å². The Morgan fingerprint density at radius 3 is 2.33 bits per heavy atom.